The molecule has 5 N–H and O–H groups in total. The molecule has 0 saturated heterocycles. The molecule has 13 heteroatoms. The number of carboxylic acid groups (broad SMARTS) is 1. The summed E-state index contributed by atoms with van der Waals surface area (Å²) < 4.78 is 30.3. The molecule has 0 aromatic heterocycles. The number of amides is 3. The van der Waals surface area contributed by atoms with Crippen LogP contribution in [0.1, 0.15) is 356 Å². The van der Waals surface area contributed by atoms with Gasteiger partial charge in [0.2, 0.25) is 0 Å². The molecule has 0 radical (unpaired) electrons. The zero-order chi connectivity index (χ0) is 85.0. The molecule has 0 aliphatic carbocycles. The fraction of sp³-hybridized carbons (Fsp3) is 0.419. The number of carbonyl (C=O) groups excluding carboxylic acids is 3. The fourth-order valence-corrected chi connectivity index (χ4v) is 17.8. The molecule has 620 valence electrons. The number of para-hydroxylation sites is 2. The molecule has 0 saturated carbocycles. The van der Waals surface area contributed by atoms with E-state index in [1.807, 2.05) is 97.1 Å². The first kappa shape index (κ1) is 86.8. The van der Waals surface area contributed by atoms with Gasteiger partial charge in [0.15, 0.2) is 5.75 Å². The van der Waals surface area contributed by atoms with Gasteiger partial charge < -0.3 is 34.7 Å². The zero-order valence-corrected chi connectivity index (χ0v) is 73.8. The van der Waals surface area contributed by atoms with Crippen LogP contribution < -0.4 is 34.9 Å². The Morgan fingerprint density at radius 1 is 0.381 bits per heavy atom. The number of anilines is 2. The molecule has 11 aromatic rings. The third-order valence-electron chi connectivity index (χ3n) is 25.1. The lowest BCUT2D eigenvalue weighted by Gasteiger charge is -2.30. The Balaban J connectivity index is 1.34. The maximum absolute atomic E-state index is 17.3. The van der Waals surface area contributed by atoms with E-state index in [9.17, 15) is 10.5 Å². The summed E-state index contributed by atoms with van der Waals surface area (Å²) in [5, 5.41) is 35.8. The van der Waals surface area contributed by atoms with Crippen LogP contribution in [0.5, 0.6) is 46.0 Å². The van der Waals surface area contributed by atoms with Crippen molar-refractivity contribution in [3.05, 3.63) is 224 Å². The van der Waals surface area contributed by atoms with Crippen LogP contribution >= 0.6 is 0 Å². The van der Waals surface area contributed by atoms with Gasteiger partial charge in [-0.05, 0) is 182 Å². The number of hydrogen-bond donors (Lipinski definition) is 5. The lowest BCUT2D eigenvalue weighted by atomic mass is 9.79. The Hall–Kier alpha value is -10.5. The molecule has 12 rings (SSSR count). The highest BCUT2D eigenvalue weighted by Gasteiger charge is 2.40. The van der Waals surface area contributed by atoms with Crippen LogP contribution in [0.3, 0.4) is 0 Å². The molecule has 118 heavy (non-hydrogen) atoms. The average molecular weight is 1590 g/mol. The first-order valence-corrected chi connectivity index (χ1v) is 43.7. The number of carboxylic acids is 1. The molecule has 0 fully saturated rings. The largest absolute Gasteiger partial charge is 0.478 e. The van der Waals surface area contributed by atoms with Crippen molar-refractivity contribution >= 4 is 84.0 Å². The monoisotopic (exact) mass is 1590 g/mol. The normalized spacial score (nSPS) is 12.8. The fourth-order valence-electron chi connectivity index (χ4n) is 17.8. The Bertz CT molecular complexity index is 5450. The Morgan fingerprint density at radius 3 is 1.01 bits per heavy atom. The third kappa shape index (κ3) is 17.9. The van der Waals surface area contributed by atoms with Crippen LogP contribution in [-0.4, -0.2) is 34.6 Å². The maximum Gasteiger partial charge on any atom is 0.340 e. The summed E-state index contributed by atoms with van der Waals surface area (Å²) in [6.45, 7) is 43.6. The van der Waals surface area contributed by atoms with Crippen LogP contribution in [0.2, 0.25) is 0 Å². The van der Waals surface area contributed by atoms with E-state index in [0.717, 1.165) is 147 Å². The molecule has 1 heterocycles. The Kier molecular flexibility index (Phi) is 26.5. The van der Waals surface area contributed by atoms with Gasteiger partial charge in [-0.25, -0.2) is 4.79 Å². The molecule has 0 spiro atoms. The predicted molar refractivity (Wildman–Crippen MR) is 489 cm³/mol. The number of imide groups is 1. The van der Waals surface area contributed by atoms with Crippen molar-refractivity contribution < 1.29 is 43.2 Å². The van der Waals surface area contributed by atoms with E-state index in [1.165, 1.54) is 0 Å². The van der Waals surface area contributed by atoms with Crippen LogP contribution in [-0.2, 0) is 21.7 Å². The highest BCUT2D eigenvalue weighted by molar-refractivity contribution is 6.45. The van der Waals surface area contributed by atoms with Crippen LogP contribution in [0.4, 0.5) is 11.4 Å². The summed E-state index contributed by atoms with van der Waals surface area (Å²) in [6, 6.07) is 49.1. The smallest absolute Gasteiger partial charge is 0.340 e. The summed E-state index contributed by atoms with van der Waals surface area (Å²) in [5.74, 6) is -2.45. The number of aromatic carboxylic acids is 1. The molecule has 0 bridgehead atoms. The van der Waals surface area contributed by atoms with Gasteiger partial charge in [-0.1, -0.05) is 300 Å². The van der Waals surface area contributed by atoms with Gasteiger partial charge in [0.1, 0.15) is 51.6 Å². The number of benzene rings is 11. The highest BCUT2D eigenvalue weighted by Crippen LogP contribution is 2.59. The number of hydrogen-bond acceptors (Lipinski definition) is 9. The van der Waals surface area contributed by atoms with Crippen molar-refractivity contribution in [3.63, 3.8) is 0 Å². The Labute approximate surface area is 701 Å². The van der Waals surface area contributed by atoms with E-state index in [-0.39, 0.29) is 134 Å². The van der Waals surface area contributed by atoms with Crippen LogP contribution in [0.25, 0.3) is 43.1 Å². The zero-order valence-electron chi connectivity index (χ0n) is 73.8. The van der Waals surface area contributed by atoms with Gasteiger partial charge in [0, 0.05) is 60.0 Å². The maximum atomic E-state index is 17.3. The summed E-state index contributed by atoms with van der Waals surface area (Å²) in [4.78, 5) is 64.0. The second kappa shape index (κ2) is 36.0. The van der Waals surface area contributed by atoms with E-state index in [1.54, 1.807) is 18.2 Å². The molecule has 0 unspecified atom stereocenters. The number of nitrogens with one attached hydrogen (secondary N) is 4. The van der Waals surface area contributed by atoms with Gasteiger partial charge in [0.25, 0.3) is 17.7 Å². The SMILES string of the molecule is CCCCCC(C)(C)c1ccc(Oc2cc3c4c(cc(Oc5ccc(C(C)(C)CCCCC)cc5)c5c6c(Oc7ccc(C(C)(C)CCCCC)cc7)c(C(=O)O)c(C(=N)Nc7c(C(C)C)cccc7C(C)C)c7c(C(=O)Nc8c(C(C)C)cccc8C(C)C)cc(Oc8ccc(C(C)(C)CCCCC)cc8)c(c2c45)c76)C(=O)NC3=O)cc1. The summed E-state index contributed by atoms with van der Waals surface area (Å²) in [5.41, 5.74) is 7.82. The number of ether oxygens (including phenoxy) is 4. The molecule has 13 nitrogen and oxygen atoms in total. The number of fused-ring (bicyclic) bond motifs is 2. The summed E-state index contributed by atoms with van der Waals surface area (Å²) in [7, 11) is 0. The standard InChI is InChI=1S/C105H126N4O9/c1-21-25-29-55-102(13,14)66-39-47-70(48-40-66)115-81-59-78-84-79(100(112)109-99(78)111)60-83(117-72-51-43-68(44-52-72)104(17,18)57-31-27-23-3)88-89(84)86(81)87-82(116-71-49-41-67(42-50-71)103(15,16)56-30-26-22-2)61-80(98(110)108-95-76(64(9)10)37-34-38-77(95)65(11)12)85-90(87)91(88)96(118-73-53-45-69(46-54-73)105(19,20)58-32-28-24-4)93(101(113)114)92(85)97(106)107-94-74(62(5)6)35-33-36-75(94)63(7)8/h33-54,59-65H,21-32,55-58H2,1-20H3,(H2,106,107)(H,108,110)(H,113,114)(H,109,111,112). The first-order valence-electron chi connectivity index (χ1n) is 43.7. The lowest BCUT2D eigenvalue weighted by Crippen LogP contribution is -2.34. The molecular formula is C105H126N4O9. The number of carbonyl (C=O) groups is 4. The first-order chi connectivity index (χ1) is 56.1. The van der Waals surface area contributed by atoms with Gasteiger partial charge in [-0.2, -0.15) is 0 Å². The van der Waals surface area contributed by atoms with Gasteiger partial charge >= 0.3 is 5.97 Å². The van der Waals surface area contributed by atoms with Crippen LogP contribution in [0, 0.1) is 5.41 Å². The highest BCUT2D eigenvalue weighted by atomic mass is 16.5. The van der Waals surface area contributed by atoms with E-state index in [4.69, 9.17) is 18.9 Å². The molecule has 11 aromatic carbocycles. The van der Waals surface area contributed by atoms with Gasteiger partial charge in [-0.15, -0.1) is 0 Å². The molecule has 1 aliphatic rings. The minimum Gasteiger partial charge on any atom is -0.478 e. The minimum atomic E-state index is -1.48. The number of amidine groups is 1. The van der Waals surface area contributed by atoms with E-state index >= 15 is 19.2 Å². The topological polar surface area (TPSA) is 185 Å². The molecule has 3 amide bonds. The van der Waals surface area contributed by atoms with Crippen molar-refractivity contribution in [1.82, 2.24) is 5.32 Å². The van der Waals surface area contributed by atoms with E-state index < -0.39 is 29.3 Å². The quantitative estimate of drug-likeness (QED) is 0.00627. The predicted octanol–water partition coefficient (Wildman–Crippen LogP) is 30.1. The molecule has 1 aliphatic heterocycles. The van der Waals surface area contributed by atoms with Crippen molar-refractivity contribution in [3.8, 4) is 46.0 Å². The van der Waals surface area contributed by atoms with Crippen molar-refractivity contribution in [2.75, 3.05) is 10.6 Å². The van der Waals surface area contributed by atoms with E-state index in [2.05, 4.69) is 191 Å². The van der Waals surface area contributed by atoms with Crippen molar-refractivity contribution in [1.29, 1.82) is 5.41 Å². The molecule has 0 atom stereocenters. The number of rotatable bonds is 37. The summed E-state index contributed by atoms with van der Waals surface area (Å²) >= 11 is 0. The summed E-state index contributed by atoms with van der Waals surface area (Å²) in [6.07, 6.45) is 16.7. The molecular weight excluding hydrogens is 1460 g/mol. The lowest BCUT2D eigenvalue weighted by molar-refractivity contribution is 0.0692. The number of unbranched alkanes of at least 4 members (excludes halogenated alkanes) is 8. The van der Waals surface area contributed by atoms with Crippen LogP contribution in [0.15, 0.2) is 152 Å². The second-order valence-corrected chi connectivity index (χ2v) is 37.0. The van der Waals surface area contributed by atoms with Gasteiger partial charge in [-0.3, -0.25) is 25.1 Å². The minimum absolute atomic E-state index is 0.0359. The third-order valence-corrected chi connectivity index (χ3v) is 25.1. The Morgan fingerprint density at radius 2 is 0.686 bits per heavy atom. The van der Waals surface area contributed by atoms with Crippen molar-refractivity contribution in [2.24, 2.45) is 0 Å². The second-order valence-electron chi connectivity index (χ2n) is 37.0. The van der Waals surface area contributed by atoms with E-state index in [0.29, 0.717) is 39.4 Å². The van der Waals surface area contributed by atoms with Gasteiger partial charge in [0.05, 0.1) is 16.7 Å². The van der Waals surface area contributed by atoms with Crippen molar-refractivity contribution in [2.45, 2.75) is 287 Å². The average Bonchev–Trinajstić information content (AvgIpc) is 0.671.